The van der Waals surface area contributed by atoms with Crippen molar-refractivity contribution in [2.45, 2.75) is 33.4 Å². The quantitative estimate of drug-likeness (QED) is 0.826. The monoisotopic (exact) mass is 357 g/mol. The van der Waals surface area contributed by atoms with Gasteiger partial charge in [0.05, 0.1) is 47.0 Å². The summed E-state index contributed by atoms with van der Waals surface area (Å²) in [5, 5.41) is 0.712. The minimum absolute atomic E-state index is 0.00592. The third-order valence-corrected chi connectivity index (χ3v) is 5.76. The van der Waals surface area contributed by atoms with Gasteiger partial charge in [-0.1, -0.05) is 11.6 Å². The first-order valence-electron chi connectivity index (χ1n) is 8.47. The Morgan fingerprint density at radius 3 is 2.76 bits per heavy atom. The van der Waals surface area contributed by atoms with Gasteiger partial charge in [0.2, 0.25) is 5.91 Å². The summed E-state index contributed by atoms with van der Waals surface area (Å²) in [4.78, 5) is 29.8. The average molecular weight is 358 g/mol. The number of rotatable bonds is 2. The minimum atomic E-state index is 0.00592. The van der Waals surface area contributed by atoms with Gasteiger partial charge >= 0.3 is 0 Å². The van der Waals surface area contributed by atoms with E-state index in [4.69, 9.17) is 11.6 Å². The number of carbonyl (C=O) groups excluding carboxylic acids is 1. The number of pyridine rings is 1. The first-order chi connectivity index (χ1) is 12.0. The van der Waals surface area contributed by atoms with Crippen LogP contribution in [0, 0.1) is 19.8 Å². The highest BCUT2D eigenvalue weighted by atomic mass is 35.5. The van der Waals surface area contributed by atoms with Gasteiger partial charge in [-0.3, -0.25) is 9.78 Å². The van der Waals surface area contributed by atoms with Gasteiger partial charge in [0.25, 0.3) is 0 Å². The van der Waals surface area contributed by atoms with Crippen LogP contribution >= 0.6 is 11.6 Å². The van der Waals surface area contributed by atoms with Crippen molar-refractivity contribution < 1.29 is 4.79 Å². The van der Waals surface area contributed by atoms with Crippen molar-refractivity contribution in [3.05, 3.63) is 46.3 Å². The molecule has 1 fully saturated rings. The van der Waals surface area contributed by atoms with Crippen LogP contribution in [-0.2, 0) is 17.9 Å². The maximum atomic E-state index is 13.0. The fraction of sp³-hybridized carbons (Fsp3) is 0.444. The SMILES string of the molecule is Cc1nc2c(c(C)c1Cl)CN(C(=O)C1CCN(c3cncnc3)C1)C2. The average Bonchev–Trinajstić information content (AvgIpc) is 3.27. The molecule has 2 aromatic rings. The van der Waals surface area contributed by atoms with Crippen LogP contribution in [0.1, 0.15) is 28.9 Å². The number of amides is 1. The molecule has 25 heavy (non-hydrogen) atoms. The minimum Gasteiger partial charge on any atom is -0.368 e. The third-order valence-electron chi connectivity index (χ3n) is 5.20. The summed E-state index contributed by atoms with van der Waals surface area (Å²) in [6, 6.07) is 0. The zero-order valence-corrected chi connectivity index (χ0v) is 15.1. The van der Waals surface area contributed by atoms with Crippen molar-refractivity contribution in [2.75, 3.05) is 18.0 Å². The number of halogens is 1. The van der Waals surface area contributed by atoms with Gasteiger partial charge in [-0.25, -0.2) is 9.97 Å². The molecule has 6 nitrogen and oxygen atoms in total. The molecule has 0 bridgehead atoms. The highest BCUT2D eigenvalue weighted by Gasteiger charge is 2.35. The molecule has 0 saturated carbocycles. The molecule has 2 aromatic heterocycles. The van der Waals surface area contributed by atoms with Gasteiger partial charge < -0.3 is 9.80 Å². The smallest absolute Gasteiger partial charge is 0.228 e. The van der Waals surface area contributed by atoms with Crippen molar-refractivity contribution >= 4 is 23.2 Å². The summed E-state index contributed by atoms with van der Waals surface area (Å²) in [5.41, 5.74) is 4.95. The summed E-state index contributed by atoms with van der Waals surface area (Å²) in [7, 11) is 0. The maximum Gasteiger partial charge on any atom is 0.228 e. The first kappa shape index (κ1) is 16.3. The third kappa shape index (κ3) is 2.84. The fourth-order valence-electron chi connectivity index (χ4n) is 3.77. The molecule has 0 aliphatic carbocycles. The van der Waals surface area contributed by atoms with Crippen molar-refractivity contribution in [1.82, 2.24) is 19.9 Å². The van der Waals surface area contributed by atoms with Crippen LogP contribution in [0.15, 0.2) is 18.7 Å². The zero-order valence-electron chi connectivity index (χ0n) is 14.4. The van der Waals surface area contributed by atoms with Crippen molar-refractivity contribution in [3.8, 4) is 0 Å². The van der Waals surface area contributed by atoms with E-state index in [1.54, 1.807) is 12.4 Å². The maximum absolute atomic E-state index is 13.0. The Kier molecular flexibility index (Phi) is 4.07. The second-order valence-corrected chi connectivity index (χ2v) is 7.16. The van der Waals surface area contributed by atoms with Crippen LogP contribution in [0.5, 0.6) is 0 Å². The predicted octanol–water partition coefficient (Wildman–Crippen LogP) is 2.51. The Morgan fingerprint density at radius 1 is 1.24 bits per heavy atom. The van der Waals surface area contributed by atoms with Gasteiger partial charge in [-0.05, 0) is 31.4 Å². The van der Waals surface area contributed by atoms with Crippen LogP contribution < -0.4 is 4.90 Å². The first-order valence-corrected chi connectivity index (χ1v) is 8.85. The lowest BCUT2D eigenvalue weighted by molar-refractivity contribution is -0.135. The van der Waals surface area contributed by atoms with Gasteiger partial charge in [-0.2, -0.15) is 0 Å². The van der Waals surface area contributed by atoms with E-state index in [2.05, 4.69) is 19.9 Å². The number of hydrogen-bond donors (Lipinski definition) is 0. The van der Waals surface area contributed by atoms with Gasteiger partial charge in [0, 0.05) is 19.6 Å². The van der Waals surface area contributed by atoms with Gasteiger partial charge in [0.1, 0.15) is 6.33 Å². The Hall–Kier alpha value is -2.21. The molecular weight excluding hydrogens is 338 g/mol. The number of aryl methyl sites for hydroxylation is 1. The van der Waals surface area contributed by atoms with E-state index >= 15 is 0 Å². The van der Waals surface area contributed by atoms with E-state index in [0.29, 0.717) is 24.7 Å². The molecule has 4 rings (SSSR count). The molecule has 1 atom stereocenters. The lowest BCUT2D eigenvalue weighted by Crippen LogP contribution is -2.34. The highest BCUT2D eigenvalue weighted by molar-refractivity contribution is 6.32. The molecule has 1 saturated heterocycles. The molecule has 7 heteroatoms. The molecule has 0 spiro atoms. The summed E-state index contributed by atoms with van der Waals surface area (Å²) < 4.78 is 0. The summed E-state index contributed by atoms with van der Waals surface area (Å²) in [5.74, 6) is 0.205. The lowest BCUT2D eigenvalue weighted by Gasteiger charge is -2.21. The molecule has 4 heterocycles. The highest BCUT2D eigenvalue weighted by Crippen LogP contribution is 2.32. The Labute approximate surface area is 151 Å². The normalized spacial score (nSPS) is 19.4. The van der Waals surface area contributed by atoms with Crippen LogP contribution in [0.3, 0.4) is 0 Å². The summed E-state index contributed by atoms with van der Waals surface area (Å²) >= 11 is 6.32. The molecule has 0 radical (unpaired) electrons. The number of anilines is 1. The summed E-state index contributed by atoms with van der Waals surface area (Å²) in [6.45, 7) is 6.68. The van der Waals surface area contributed by atoms with Crippen LogP contribution in [-0.4, -0.2) is 38.8 Å². The van der Waals surface area contributed by atoms with E-state index in [1.807, 2.05) is 18.7 Å². The predicted molar refractivity (Wildman–Crippen MR) is 95.3 cm³/mol. The number of aromatic nitrogens is 3. The molecule has 2 aliphatic heterocycles. The van der Waals surface area contributed by atoms with Gasteiger partial charge in [-0.15, -0.1) is 0 Å². The van der Waals surface area contributed by atoms with Crippen molar-refractivity contribution in [1.29, 1.82) is 0 Å². The molecular formula is C18H20ClN5O. The molecule has 1 amide bonds. The van der Waals surface area contributed by atoms with Crippen molar-refractivity contribution in [3.63, 3.8) is 0 Å². The van der Waals surface area contributed by atoms with E-state index in [1.165, 1.54) is 6.33 Å². The lowest BCUT2D eigenvalue weighted by atomic mass is 10.1. The van der Waals surface area contributed by atoms with E-state index in [0.717, 1.165) is 41.2 Å². The van der Waals surface area contributed by atoms with E-state index < -0.39 is 0 Å². The van der Waals surface area contributed by atoms with Crippen LogP contribution in [0.25, 0.3) is 0 Å². The van der Waals surface area contributed by atoms with Crippen LogP contribution in [0.4, 0.5) is 5.69 Å². The number of carbonyl (C=O) groups is 1. The second-order valence-electron chi connectivity index (χ2n) is 6.78. The van der Waals surface area contributed by atoms with Crippen LogP contribution in [0.2, 0.25) is 5.02 Å². The molecule has 2 aliphatic rings. The van der Waals surface area contributed by atoms with Crippen molar-refractivity contribution in [2.24, 2.45) is 5.92 Å². The van der Waals surface area contributed by atoms with Gasteiger partial charge in [0.15, 0.2) is 0 Å². The van der Waals surface area contributed by atoms with E-state index in [-0.39, 0.29) is 11.8 Å². The zero-order chi connectivity index (χ0) is 17.6. The second kappa shape index (κ2) is 6.26. The standard InChI is InChI=1S/C18H20ClN5O/c1-11-15-8-24(9-16(15)22-12(2)17(11)19)18(25)13-3-4-23(7-13)14-5-20-10-21-6-14/h5-6,10,13H,3-4,7-9H2,1-2H3. The molecule has 0 aromatic carbocycles. The Bertz CT molecular complexity index is 826. The largest absolute Gasteiger partial charge is 0.368 e. The summed E-state index contributed by atoms with van der Waals surface area (Å²) in [6.07, 6.45) is 5.96. The Morgan fingerprint density at radius 2 is 2.00 bits per heavy atom. The fourth-order valence-corrected chi connectivity index (χ4v) is 3.93. The molecule has 130 valence electrons. The molecule has 0 N–H and O–H groups in total. The number of nitrogens with zero attached hydrogens (tertiary/aromatic N) is 5. The van der Waals surface area contributed by atoms with E-state index in [9.17, 15) is 4.79 Å². The number of fused-ring (bicyclic) bond motifs is 1. The topological polar surface area (TPSA) is 62.2 Å². The Balaban J connectivity index is 1.47. The number of hydrogen-bond acceptors (Lipinski definition) is 5. The molecule has 1 unspecified atom stereocenters.